The molecule has 0 aromatic heterocycles. The molecule has 0 fully saturated rings. The molecule has 0 aliphatic heterocycles. The molecule has 0 bridgehead atoms. The Labute approximate surface area is 121 Å². The van der Waals surface area contributed by atoms with Crippen molar-refractivity contribution in [2.24, 2.45) is 0 Å². The van der Waals surface area contributed by atoms with Crippen LogP contribution in [0.25, 0.3) is 0 Å². The third-order valence-electron chi connectivity index (χ3n) is 2.31. The fourth-order valence-electron chi connectivity index (χ4n) is 1.45. The quantitative estimate of drug-likeness (QED) is 0.847. The Hall–Kier alpha value is -0.910. The normalized spacial score (nSPS) is 10.4. The molecule has 0 saturated heterocycles. The summed E-state index contributed by atoms with van der Waals surface area (Å²) >= 11 is 6.55. The summed E-state index contributed by atoms with van der Waals surface area (Å²) in [6.45, 7) is -0.131. The standard InChI is InChI=1S/C13H9Br2FO2/c14-9-1-3-12(8(5-9)7-17)18-13-4-2-10(16)6-11(13)15/h1-6,17H,7H2. The van der Waals surface area contributed by atoms with E-state index in [1.807, 2.05) is 6.07 Å². The van der Waals surface area contributed by atoms with Crippen molar-refractivity contribution in [2.75, 3.05) is 0 Å². The lowest BCUT2D eigenvalue weighted by Crippen LogP contribution is -1.92. The van der Waals surface area contributed by atoms with Crippen LogP contribution in [0.3, 0.4) is 0 Å². The van der Waals surface area contributed by atoms with Gasteiger partial charge in [0.15, 0.2) is 0 Å². The van der Waals surface area contributed by atoms with E-state index < -0.39 is 0 Å². The van der Waals surface area contributed by atoms with Crippen molar-refractivity contribution in [3.63, 3.8) is 0 Å². The predicted molar refractivity (Wildman–Crippen MR) is 74.2 cm³/mol. The number of ether oxygens (including phenoxy) is 1. The smallest absolute Gasteiger partial charge is 0.141 e. The molecule has 94 valence electrons. The Bertz CT molecular complexity index is 573. The zero-order valence-corrected chi connectivity index (χ0v) is 12.3. The van der Waals surface area contributed by atoms with Gasteiger partial charge in [-0.2, -0.15) is 0 Å². The molecule has 0 aliphatic rings. The van der Waals surface area contributed by atoms with Crippen molar-refractivity contribution in [3.05, 3.63) is 56.7 Å². The molecule has 0 atom stereocenters. The molecule has 0 unspecified atom stereocenters. The maximum Gasteiger partial charge on any atom is 0.141 e. The molecule has 0 heterocycles. The summed E-state index contributed by atoms with van der Waals surface area (Å²) in [6, 6.07) is 9.50. The highest BCUT2D eigenvalue weighted by molar-refractivity contribution is 9.10. The summed E-state index contributed by atoms with van der Waals surface area (Å²) in [6.07, 6.45) is 0. The lowest BCUT2D eigenvalue weighted by Gasteiger charge is -2.11. The highest BCUT2D eigenvalue weighted by Gasteiger charge is 2.08. The first-order chi connectivity index (χ1) is 8.60. The molecule has 0 amide bonds. The zero-order valence-electron chi connectivity index (χ0n) is 9.16. The van der Waals surface area contributed by atoms with Gasteiger partial charge in [-0.1, -0.05) is 15.9 Å². The molecule has 0 saturated carbocycles. The van der Waals surface area contributed by atoms with Gasteiger partial charge in [0.25, 0.3) is 0 Å². The highest BCUT2D eigenvalue weighted by atomic mass is 79.9. The third kappa shape index (κ3) is 3.10. The Morgan fingerprint density at radius 2 is 1.78 bits per heavy atom. The van der Waals surface area contributed by atoms with Gasteiger partial charge in [0, 0.05) is 10.0 Å². The van der Waals surface area contributed by atoms with Gasteiger partial charge in [0.05, 0.1) is 11.1 Å². The van der Waals surface area contributed by atoms with Crippen LogP contribution >= 0.6 is 31.9 Å². The lowest BCUT2D eigenvalue weighted by atomic mass is 10.2. The number of rotatable bonds is 3. The third-order valence-corrected chi connectivity index (χ3v) is 3.42. The Kier molecular flexibility index (Phi) is 4.37. The topological polar surface area (TPSA) is 29.5 Å². The maximum absolute atomic E-state index is 13.0. The van der Waals surface area contributed by atoms with Gasteiger partial charge in [0.2, 0.25) is 0 Å². The fourth-order valence-corrected chi connectivity index (χ4v) is 2.29. The average Bonchev–Trinajstić information content (AvgIpc) is 2.34. The minimum Gasteiger partial charge on any atom is -0.456 e. The first kappa shape index (κ1) is 13.5. The van der Waals surface area contributed by atoms with E-state index in [2.05, 4.69) is 31.9 Å². The van der Waals surface area contributed by atoms with E-state index in [1.165, 1.54) is 18.2 Å². The Morgan fingerprint density at radius 1 is 1.06 bits per heavy atom. The Morgan fingerprint density at radius 3 is 2.44 bits per heavy atom. The minimum absolute atomic E-state index is 0.131. The SMILES string of the molecule is OCc1cc(Br)ccc1Oc1ccc(F)cc1Br. The molecule has 2 aromatic carbocycles. The van der Waals surface area contributed by atoms with E-state index in [4.69, 9.17) is 4.74 Å². The molecule has 0 spiro atoms. The van der Waals surface area contributed by atoms with Crippen LogP contribution in [0.1, 0.15) is 5.56 Å². The van der Waals surface area contributed by atoms with Crippen LogP contribution in [0.4, 0.5) is 4.39 Å². The van der Waals surface area contributed by atoms with Crippen molar-refractivity contribution >= 4 is 31.9 Å². The zero-order chi connectivity index (χ0) is 13.1. The number of aliphatic hydroxyl groups is 1. The van der Waals surface area contributed by atoms with Gasteiger partial charge in [-0.05, 0) is 52.3 Å². The molecule has 2 aromatic rings. The molecule has 2 rings (SSSR count). The number of benzene rings is 2. The van der Waals surface area contributed by atoms with Crippen LogP contribution in [-0.2, 0) is 6.61 Å². The molecule has 0 radical (unpaired) electrons. The van der Waals surface area contributed by atoms with Crippen molar-refractivity contribution in [1.29, 1.82) is 0 Å². The number of hydrogen-bond donors (Lipinski definition) is 1. The van der Waals surface area contributed by atoms with E-state index >= 15 is 0 Å². The number of halogens is 3. The summed E-state index contributed by atoms with van der Waals surface area (Å²) in [5.74, 6) is 0.689. The predicted octanol–water partition coefficient (Wildman–Crippen LogP) is 4.64. The van der Waals surface area contributed by atoms with Crippen molar-refractivity contribution < 1.29 is 14.2 Å². The van der Waals surface area contributed by atoms with Gasteiger partial charge in [-0.3, -0.25) is 0 Å². The molecule has 0 aliphatic carbocycles. The van der Waals surface area contributed by atoms with Crippen molar-refractivity contribution in [2.45, 2.75) is 6.61 Å². The highest BCUT2D eigenvalue weighted by Crippen LogP contribution is 2.33. The van der Waals surface area contributed by atoms with Crippen LogP contribution in [0, 0.1) is 5.82 Å². The van der Waals surface area contributed by atoms with E-state index in [9.17, 15) is 9.50 Å². The summed E-state index contributed by atoms with van der Waals surface area (Å²) < 4.78 is 20.0. The second-order valence-corrected chi connectivity index (χ2v) is 5.36. The van der Waals surface area contributed by atoms with E-state index in [0.717, 1.165) is 4.47 Å². The van der Waals surface area contributed by atoms with Crippen LogP contribution < -0.4 is 4.74 Å². The number of hydrogen-bond acceptors (Lipinski definition) is 2. The van der Waals surface area contributed by atoms with Crippen LogP contribution in [0.15, 0.2) is 45.3 Å². The molecule has 2 nitrogen and oxygen atoms in total. The number of aliphatic hydroxyl groups excluding tert-OH is 1. The molecule has 5 heteroatoms. The van der Waals surface area contributed by atoms with Gasteiger partial charge in [-0.15, -0.1) is 0 Å². The monoisotopic (exact) mass is 374 g/mol. The van der Waals surface area contributed by atoms with E-state index in [0.29, 0.717) is 21.5 Å². The summed E-state index contributed by atoms with van der Waals surface area (Å²) in [7, 11) is 0. The molecule has 1 N–H and O–H groups in total. The van der Waals surface area contributed by atoms with Gasteiger partial charge < -0.3 is 9.84 Å². The summed E-state index contributed by atoms with van der Waals surface area (Å²) in [5.41, 5.74) is 0.653. The minimum atomic E-state index is -0.340. The van der Waals surface area contributed by atoms with Gasteiger partial charge in [0.1, 0.15) is 17.3 Å². The van der Waals surface area contributed by atoms with Crippen LogP contribution in [0.5, 0.6) is 11.5 Å². The van der Waals surface area contributed by atoms with Crippen molar-refractivity contribution in [3.8, 4) is 11.5 Å². The fraction of sp³-hybridized carbons (Fsp3) is 0.0769. The average molecular weight is 376 g/mol. The lowest BCUT2D eigenvalue weighted by molar-refractivity contribution is 0.276. The van der Waals surface area contributed by atoms with Gasteiger partial charge in [-0.25, -0.2) is 4.39 Å². The molecular formula is C13H9Br2FO2. The summed E-state index contributed by atoms with van der Waals surface area (Å²) in [4.78, 5) is 0. The Balaban J connectivity index is 2.33. The van der Waals surface area contributed by atoms with Crippen molar-refractivity contribution in [1.82, 2.24) is 0 Å². The second-order valence-electron chi connectivity index (χ2n) is 3.59. The molecule has 18 heavy (non-hydrogen) atoms. The second kappa shape index (κ2) is 5.82. The first-order valence-corrected chi connectivity index (χ1v) is 6.71. The van der Waals surface area contributed by atoms with Crippen LogP contribution in [-0.4, -0.2) is 5.11 Å². The maximum atomic E-state index is 13.0. The largest absolute Gasteiger partial charge is 0.456 e. The van der Waals surface area contributed by atoms with Crippen LogP contribution in [0.2, 0.25) is 0 Å². The van der Waals surface area contributed by atoms with Gasteiger partial charge >= 0.3 is 0 Å². The van der Waals surface area contributed by atoms with E-state index in [-0.39, 0.29) is 12.4 Å². The summed E-state index contributed by atoms with van der Waals surface area (Å²) in [5, 5.41) is 9.26. The van der Waals surface area contributed by atoms with E-state index in [1.54, 1.807) is 12.1 Å². The first-order valence-electron chi connectivity index (χ1n) is 5.12. The molecular weight excluding hydrogens is 367 g/mol.